The summed E-state index contributed by atoms with van der Waals surface area (Å²) in [7, 11) is 0. The van der Waals surface area contributed by atoms with Crippen molar-refractivity contribution in [2.45, 2.75) is 13.0 Å². The molecule has 1 unspecified atom stereocenters. The van der Waals surface area contributed by atoms with Crippen LogP contribution in [-0.2, 0) is 9.59 Å². The highest BCUT2D eigenvalue weighted by molar-refractivity contribution is 6.52. The molecule has 0 bridgehead atoms. The van der Waals surface area contributed by atoms with Crippen molar-refractivity contribution in [2.24, 2.45) is 0 Å². The van der Waals surface area contributed by atoms with Gasteiger partial charge in [-0.25, -0.2) is 0 Å². The maximum Gasteiger partial charge on any atom is 0.300 e. The zero-order chi connectivity index (χ0) is 26.9. The van der Waals surface area contributed by atoms with Crippen LogP contribution in [0.1, 0.15) is 22.7 Å². The zero-order valence-electron chi connectivity index (χ0n) is 21.2. The number of para-hydroxylation sites is 2. The number of nitrogens with zero attached hydrogens (tertiary/aromatic N) is 1. The molecule has 39 heavy (non-hydrogen) atoms. The number of carbonyl (C=O) groups is 2. The first-order chi connectivity index (χ1) is 19.0. The van der Waals surface area contributed by atoms with Crippen molar-refractivity contribution in [3.05, 3.63) is 144 Å². The molecule has 0 saturated carbocycles. The van der Waals surface area contributed by atoms with Crippen molar-refractivity contribution < 1.29 is 19.4 Å². The van der Waals surface area contributed by atoms with Crippen LogP contribution in [-0.4, -0.2) is 16.8 Å². The van der Waals surface area contributed by atoms with Crippen LogP contribution in [0.2, 0.25) is 0 Å². The Hall–Kier alpha value is -5.16. The fourth-order valence-corrected chi connectivity index (χ4v) is 5.18. The SMILES string of the molecule is Cc1ccccc1N1C(=O)C(=O)/C(=C(\O)c2cccc3ccccc23)C1c1cccc(Oc2ccccc2)c1. The molecule has 0 aromatic heterocycles. The third-order valence-corrected chi connectivity index (χ3v) is 7.02. The van der Waals surface area contributed by atoms with Crippen LogP contribution in [0.5, 0.6) is 11.5 Å². The quantitative estimate of drug-likeness (QED) is 0.150. The van der Waals surface area contributed by atoms with E-state index in [-0.39, 0.29) is 11.3 Å². The minimum atomic E-state index is -0.857. The molecule has 1 amide bonds. The van der Waals surface area contributed by atoms with Crippen LogP contribution in [0.3, 0.4) is 0 Å². The summed E-state index contributed by atoms with van der Waals surface area (Å²) < 4.78 is 6.07. The number of Topliss-reactive ketones (excluding diaryl/α,β-unsaturated/α-hetero) is 1. The molecule has 1 N–H and O–H groups in total. The largest absolute Gasteiger partial charge is 0.507 e. The number of rotatable bonds is 5. The average molecular weight is 512 g/mol. The van der Waals surface area contributed by atoms with Crippen LogP contribution < -0.4 is 9.64 Å². The number of amides is 1. The lowest BCUT2D eigenvalue weighted by atomic mass is 9.93. The second kappa shape index (κ2) is 9.95. The minimum Gasteiger partial charge on any atom is -0.507 e. The second-order valence-electron chi connectivity index (χ2n) is 9.47. The molecule has 5 aromatic rings. The van der Waals surface area contributed by atoms with Gasteiger partial charge in [0.05, 0.1) is 11.6 Å². The Bertz CT molecular complexity index is 1750. The molecule has 0 aliphatic carbocycles. The van der Waals surface area contributed by atoms with Crippen molar-refractivity contribution in [1.29, 1.82) is 0 Å². The number of aliphatic hydroxyl groups excluding tert-OH is 1. The van der Waals surface area contributed by atoms with Gasteiger partial charge >= 0.3 is 0 Å². The van der Waals surface area contributed by atoms with Crippen molar-refractivity contribution in [3.63, 3.8) is 0 Å². The van der Waals surface area contributed by atoms with Crippen molar-refractivity contribution in [1.82, 2.24) is 0 Å². The van der Waals surface area contributed by atoms with Gasteiger partial charge in [0.25, 0.3) is 11.7 Å². The Morgan fingerprint density at radius 1 is 0.744 bits per heavy atom. The van der Waals surface area contributed by atoms with Crippen molar-refractivity contribution >= 4 is 33.9 Å². The van der Waals surface area contributed by atoms with E-state index in [1.165, 1.54) is 4.90 Å². The molecule has 1 atom stereocenters. The smallest absolute Gasteiger partial charge is 0.300 e. The number of hydrogen-bond donors (Lipinski definition) is 1. The van der Waals surface area contributed by atoms with Crippen LogP contribution in [0, 0.1) is 6.92 Å². The Morgan fingerprint density at radius 2 is 1.41 bits per heavy atom. The number of benzene rings is 5. The molecular weight excluding hydrogens is 486 g/mol. The second-order valence-corrected chi connectivity index (χ2v) is 9.47. The minimum absolute atomic E-state index is 0.0384. The van der Waals surface area contributed by atoms with Crippen molar-refractivity contribution in [3.8, 4) is 11.5 Å². The third-order valence-electron chi connectivity index (χ3n) is 7.02. The van der Waals surface area contributed by atoms with Crippen LogP contribution in [0.4, 0.5) is 5.69 Å². The molecule has 1 heterocycles. The van der Waals surface area contributed by atoms with E-state index in [9.17, 15) is 14.7 Å². The summed E-state index contributed by atoms with van der Waals surface area (Å²) in [4.78, 5) is 28.8. The number of carbonyl (C=O) groups excluding carboxylic acids is 2. The van der Waals surface area contributed by atoms with Gasteiger partial charge in [-0.2, -0.15) is 0 Å². The summed E-state index contributed by atoms with van der Waals surface area (Å²) >= 11 is 0. The van der Waals surface area contributed by atoms with E-state index in [1.54, 1.807) is 6.07 Å². The summed E-state index contributed by atoms with van der Waals surface area (Å²) in [5.74, 6) is -0.410. The average Bonchev–Trinajstić information content (AvgIpc) is 3.23. The van der Waals surface area contributed by atoms with E-state index >= 15 is 0 Å². The van der Waals surface area contributed by atoms with E-state index in [4.69, 9.17) is 4.74 Å². The standard InChI is InChI=1S/C34H25NO4/c1-22-11-5-8-20-29(22)35-31(24-14-9-17-26(21-24)39-25-15-3-2-4-16-25)30(33(37)34(35)38)32(36)28-19-10-13-23-12-6-7-18-27(23)28/h2-21,31,36H,1H3/b32-30-. The van der Waals surface area contributed by atoms with Gasteiger partial charge in [-0.3, -0.25) is 14.5 Å². The summed E-state index contributed by atoms with van der Waals surface area (Å²) in [5.41, 5.74) is 2.63. The third kappa shape index (κ3) is 4.34. The van der Waals surface area contributed by atoms with E-state index in [2.05, 4.69) is 0 Å². The number of fused-ring (bicyclic) bond motifs is 1. The van der Waals surface area contributed by atoms with E-state index in [1.807, 2.05) is 122 Å². The Labute approximate surface area is 226 Å². The summed E-state index contributed by atoms with van der Waals surface area (Å²) in [6.45, 7) is 1.89. The summed E-state index contributed by atoms with van der Waals surface area (Å²) in [6, 6.07) is 36.4. The summed E-state index contributed by atoms with van der Waals surface area (Å²) in [6.07, 6.45) is 0. The Kier molecular flexibility index (Phi) is 6.17. The highest BCUT2D eigenvalue weighted by Crippen LogP contribution is 2.44. The Balaban J connectivity index is 1.56. The molecule has 1 fully saturated rings. The maximum absolute atomic E-state index is 13.7. The predicted octanol–water partition coefficient (Wildman–Crippen LogP) is 7.57. The lowest BCUT2D eigenvalue weighted by Crippen LogP contribution is -2.30. The normalized spacial score (nSPS) is 16.5. The number of ether oxygens (including phenoxy) is 1. The van der Waals surface area contributed by atoms with Gasteiger partial charge in [0.1, 0.15) is 17.3 Å². The number of hydrogen-bond acceptors (Lipinski definition) is 4. The molecule has 5 aromatic carbocycles. The molecule has 1 saturated heterocycles. The molecule has 6 rings (SSSR count). The zero-order valence-corrected chi connectivity index (χ0v) is 21.2. The molecular formula is C34H25NO4. The summed E-state index contributed by atoms with van der Waals surface area (Å²) in [5, 5.41) is 13.4. The van der Waals surface area contributed by atoms with Crippen LogP contribution >= 0.6 is 0 Å². The molecule has 190 valence electrons. The van der Waals surface area contributed by atoms with Gasteiger partial charge < -0.3 is 9.84 Å². The predicted molar refractivity (Wildman–Crippen MR) is 153 cm³/mol. The lowest BCUT2D eigenvalue weighted by Gasteiger charge is -2.27. The fourth-order valence-electron chi connectivity index (χ4n) is 5.18. The number of aryl methyl sites for hydroxylation is 1. The number of anilines is 1. The van der Waals surface area contributed by atoms with Gasteiger partial charge in [-0.1, -0.05) is 91.0 Å². The monoisotopic (exact) mass is 511 g/mol. The van der Waals surface area contributed by atoms with Crippen LogP contribution in [0.25, 0.3) is 16.5 Å². The molecule has 5 nitrogen and oxygen atoms in total. The van der Waals surface area contributed by atoms with Gasteiger partial charge in [-0.05, 0) is 59.2 Å². The molecule has 1 aliphatic heterocycles. The van der Waals surface area contributed by atoms with E-state index in [0.717, 1.165) is 16.3 Å². The van der Waals surface area contributed by atoms with Gasteiger partial charge in [0, 0.05) is 11.3 Å². The molecule has 1 aliphatic rings. The number of aliphatic hydroxyl groups is 1. The highest BCUT2D eigenvalue weighted by Gasteiger charge is 2.47. The lowest BCUT2D eigenvalue weighted by molar-refractivity contribution is -0.132. The fraction of sp³-hybridized carbons (Fsp3) is 0.0588. The first-order valence-corrected chi connectivity index (χ1v) is 12.7. The molecule has 0 spiro atoms. The number of ketones is 1. The molecule has 0 radical (unpaired) electrons. The highest BCUT2D eigenvalue weighted by atomic mass is 16.5. The Morgan fingerprint density at radius 3 is 2.23 bits per heavy atom. The van der Waals surface area contributed by atoms with Gasteiger partial charge in [-0.15, -0.1) is 0 Å². The van der Waals surface area contributed by atoms with Crippen molar-refractivity contribution in [2.75, 3.05) is 4.90 Å². The van der Waals surface area contributed by atoms with Crippen LogP contribution in [0.15, 0.2) is 127 Å². The first-order valence-electron chi connectivity index (χ1n) is 12.7. The molecule has 5 heteroatoms. The van der Waals surface area contributed by atoms with E-state index < -0.39 is 17.7 Å². The van der Waals surface area contributed by atoms with Gasteiger partial charge in [0.15, 0.2) is 0 Å². The van der Waals surface area contributed by atoms with E-state index in [0.29, 0.717) is 28.3 Å². The maximum atomic E-state index is 13.7. The topological polar surface area (TPSA) is 66.8 Å². The first kappa shape index (κ1) is 24.2. The van der Waals surface area contributed by atoms with Gasteiger partial charge in [0.2, 0.25) is 0 Å².